The van der Waals surface area contributed by atoms with Crippen LogP contribution in [0.1, 0.15) is 30.3 Å². The molecule has 1 aliphatic heterocycles. The van der Waals surface area contributed by atoms with Crippen LogP contribution in [0.2, 0.25) is 0 Å². The summed E-state index contributed by atoms with van der Waals surface area (Å²) in [5, 5.41) is 12.2. The summed E-state index contributed by atoms with van der Waals surface area (Å²) in [6, 6.07) is 1.71. The highest BCUT2D eigenvalue weighted by atomic mass is 79.9. The fourth-order valence-corrected chi connectivity index (χ4v) is 3.97. The van der Waals surface area contributed by atoms with Crippen LogP contribution in [0.25, 0.3) is 0 Å². The largest absolute Gasteiger partial charge is 0.480 e. The van der Waals surface area contributed by atoms with Crippen molar-refractivity contribution in [2.75, 3.05) is 11.5 Å². The van der Waals surface area contributed by atoms with Crippen LogP contribution in [0.3, 0.4) is 0 Å². The van der Waals surface area contributed by atoms with Crippen LogP contribution in [0.15, 0.2) is 16.7 Å². The maximum absolute atomic E-state index is 12.4. The van der Waals surface area contributed by atoms with E-state index < -0.39 is 11.5 Å². The highest BCUT2D eigenvalue weighted by Crippen LogP contribution is 2.28. The van der Waals surface area contributed by atoms with Gasteiger partial charge >= 0.3 is 5.97 Å². The van der Waals surface area contributed by atoms with Gasteiger partial charge in [-0.25, -0.2) is 4.79 Å². The zero-order valence-electron chi connectivity index (χ0n) is 11.2. The number of aliphatic carboxylic acids is 1. The predicted molar refractivity (Wildman–Crippen MR) is 82.2 cm³/mol. The normalized spacial score (nSPS) is 17.7. The molecule has 0 saturated carbocycles. The molecule has 110 valence electrons. The average molecular weight is 361 g/mol. The highest BCUT2D eigenvalue weighted by molar-refractivity contribution is 9.10. The molecule has 5 nitrogen and oxygen atoms in total. The number of hydrogen-bond acceptors (Lipinski definition) is 3. The lowest BCUT2D eigenvalue weighted by Gasteiger charge is -2.33. The number of aromatic nitrogens is 1. The van der Waals surface area contributed by atoms with E-state index in [0.29, 0.717) is 25.1 Å². The molecule has 1 fully saturated rings. The number of nitrogens with zero attached hydrogens (tertiary/aromatic N) is 1. The van der Waals surface area contributed by atoms with Gasteiger partial charge in [0.2, 0.25) is 0 Å². The fourth-order valence-electron chi connectivity index (χ4n) is 2.32. The molecular formula is C13H17BrN2O3S. The van der Waals surface area contributed by atoms with Crippen molar-refractivity contribution in [3.8, 4) is 0 Å². The smallest absolute Gasteiger partial charge is 0.329 e. The van der Waals surface area contributed by atoms with Crippen LogP contribution in [0, 0.1) is 0 Å². The van der Waals surface area contributed by atoms with Crippen molar-refractivity contribution in [2.45, 2.75) is 31.8 Å². The fraction of sp³-hybridized carbons (Fsp3) is 0.538. The van der Waals surface area contributed by atoms with Crippen LogP contribution < -0.4 is 5.32 Å². The minimum atomic E-state index is -1.13. The molecule has 0 bridgehead atoms. The molecule has 2 rings (SSSR count). The second-order valence-electron chi connectivity index (χ2n) is 4.78. The number of rotatable bonds is 4. The Morgan fingerprint density at radius 3 is 2.70 bits per heavy atom. The van der Waals surface area contributed by atoms with Gasteiger partial charge in [0, 0.05) is 17.2 Å². The van der Waals surface area contributed by atoms with Gasteiger partial charge in [0.1, 0.15) is 11.2 Å². The number of thioether (sulfide) groups is 1. The predicted octanol–water partition coefficient (Wildman–Crippen LogP) is 2.35. The minimum absolute atomic E-state index is 0.327. The Balaban J connectivity index is 2.22. The van der Waals surface area contributed by atoms with Gasteiger partial charge < -0.3 is 15.0 Å². The van der Waals surface area contributed by atoms with Gasteiger partial charge in [-0.1, -0.05) is 0 Å². The molecule has 1 saturated heterocycles. The number of nitrogens with one attached hydrogen (secondary N) is 1. The first-order valence-corrected chi connectivity index (χ1v) is 8.42. The van der Waals surface area contributed by atoms with Crippen molar-refractivity contribution in [1.29, 1.82) is 0 Å². The van der Waals surface area contributed by atoms with E-state index in [4.69, 9.17) is 0 Å². The lowest BCUT2D eigenvalue weighted by atomic mass is 9.92. The number of halogens is 1. The average Bonchev–Trinajstić information content (AvgIpc) is 2.81. The number of carbonyl (C=O) groups excluding carboxylic acids is 1. The van der Waals surface area contributed by atoms with E-state index >= 15 is 0 Å². The molecule has 20 heavy (non-hydrogen) atoms. The summed E-state index contributed by atoms with van der Waals surface area (Å²) in [5.74, 6) is 0.238. The van der Waals surface area contributed by atoms with Crippen LogP contribution in [0.4, 0.5) is 0 Å². The summed E-state index contributed by atoms with van der Waals surface area (Å²) in [4.78, 5) is 24.0. The molecule has 0 spiro atoms. The maximum Gasteiger partial charge on any atom is 0.329 e. The van der Waals surface area contributed by atoms with E-state index in [1.54, 1.807) is 22.4 Å². The lowest BCUT2D eigenvalue weighted by Crippen LogP contribution is -2.56. The van der Waals surface area contributed by atoms with Crippen molar-refractivity contribution in [2.24, 2.45) is 0 Å². The van der Waals surface area contributed by atoms with E-state index in [1.165, 1.54) is 0 Å². The van der Waals surface area contributed by atoms with Gasteiger partial charge in [0.25, 0.3) is 5.91 Å². The Morgan fingerprint density at radius 1 is 1.50 bits per heavy atom. The maximum atomic E-state index is 12.4. The monoisotopic (exact) mass is 360 g/mol. The third kappa shape index (κ3) is 3.03. The zero-order valence-corrected chi connectivity index (χ0v) is 13.6. The summed E-state index contributed by atoms with van der Waals surface area (Å²) in [6.07, 6.45) is 2.75. The Kier molecular flexibility index (Phi) is 4.80. The van der Waals surface area contributed by atoms with Crippen molar-refractivity contribution in [3.05, 3.63) is 22.4 Å². The zero-order chi connectivity index (χ0) is 14.8. The van der Waals surface area contributed by atoms with Crippen LogP contribution in [-0.2, 0) is 11.3 Å². The number of carbonyl (C=O) groups is 2. The topological polar surface area (TPSA) is 71.3 Å². The first-order valence-electron chi connectivity index (χ1n) is 6.48. The molecule has 2 heterocycles. The van der Waals surface area contributed by atoms with Crippen LogP contribution >= 0.6 is 27.7 Å². The molecule has 1 aromatic heterocycles. The van der Waals surface area contributed by atoms with Crippen LogP contribution in [-0.4, -0.2) is 38.6 Å². The Bertz CT molecular complexity index is 524. The standard InChI is InChI=1S/C13H17BrN2O3S/c1-2-16-8-9(14)7-10(16)11(17)15-13(12(18)19)3-5-20-6-4-13/h7-8H,2-6H2,1H3,(H,15,17)(H,18,19). The molecule has 0 aromatic carbocycles. The Morgan fingerprint density at radius 2 is 2.15 bits per heavy atom. The molecule has 0 unspecified atom stereocenters. The van der Waals surface area contributed by atoms with Crippen LogP contribution in [0.5, 0.6) is 0 Å². The number of carboxylic acid groups (broad SMARTS) is 1. The first-order chi connectivity index (χ1) is 9.48. The van der Waals surface area contributed by atoms with Gasteiger partial charge in [-0.05, 0) is 53.3 Å². The van der Waals surface area contributed by atoms with E-state index in [-0.39, 0.29) is 5.91 Å². The Labute approximate surface area is 130 Å². The number of hydrogen-bond donors (Lipinski definition) is 2. The molecule has 1 aromatic rings. The number of amides is 1. The van der Waals surface area contributed by atoms with Gasteiger partial charge in [-0.2, -0.15) is 11.8 Å². The van der Waals surface area contributed by atoms with E-state index in [2.05, 4.69) is 21.2 Å². The molecule has 1 aliphatic rings. The van der Waals surface area contributed by atoms with E-state index in [1.807, 2.05) is 13.1 Å². The quantitative estimate of drug-likeness (QED) is 0.864. The lowest BCUT2D eigenvalue weighted by molar-refractivity contribution is -0.144. The molecule has 7 heteroatoms. The SMILES string of the molecule is CCn1cc(Br)cc1C(=O)NC1(C(=O)O)CCSCC1. The Hall–Kier alpha value is -0.950. The molecule has 1 amide bonds. The van der Waals surface area contributed by atoms with E-state index in [9.17, 15) is 14.7 Å². The molecule has 0 radical (unpaired) electrons. The van der Waals surface area contributed by atoms with Gasteiger partial charge in [0.15, 0.2) is 0 Å². The summed E-state index contributed by atoms with van der Waals surface area (Å²) < 4.78 is 2.61. The molecule has 0 aliphatic carbocycles. The van der Waals surface area contributed by atoms with Crippen molar-refractivity contribution in [3.63, 3.8) is 0 Å². The van der Waals surface area contributed by atoms with Gasteiger partial charge in [0.05, 0.1) is 0 Å². The number of aryl methyl sites for hydroxylation is 1. The summed E-state index contributed by atoms with van der Waals surface area (Å²) in [7, 11) is 0. The van der Waals surface area contributed by atoms with Gasteiger partial charge in [-0.15, -0.1) is 0 Å². The third-order valence-electron chi connectivity index (χ3n) is 3.55. The van der Waals surface area contributed by atoms with Crippen molar-refractivity contribution in [1.82, 2.24) is 9.88 Å². The second-order valence-corrected chi connectivity index (χ2v) is 6.92. The number of carboxylic acids is 1. The van der Waals surface area contributed by atoms with E-state index in [0.717, 1.165) is 16.0 Å². The third-order valence-corrected chi connectivity index (χ3v) is 4.96. The highest BCUT2D eigenvalue weighted by Gasteiger charge is 2.41. The second kappa shape index (κ2) is 6.22. The summed E-state index contributed by atoms with van der Waals surface area (Å²) in [5.41, 5.74) is -0.643. The summed E-state index contributed by atoms with van der Waals surface area (Å²) in [6.45, 7) is 2.59. The molecule has 2 N–H and O–H groups in total. The molecular weight excluding hydrogens is 344 g/mol. The summed E-state index contributed by atoms with van der Waals surface area (Å²) >= 11 is 5.06. The van der Waals surface area contributed by atoms with Crippen molar-refractivity contribution >= 4 is 39.6 Å². The van der Waals surface area contributed by atoms with Crippen molar-refractivity contribution < 1.29 is 14.7 Å². The first kappa shape index (κ1) is 15.4. The minimum Gasteiger partial charge on any atom is -0.480 e. The molecule has 0 atom stereocenters. The van der Waals surface area contributed by atoms with Gasteiger partial charge in [-0.3, -0.25) is 4.79 Å².